The summed E-state index contributed by atoms with van der Waals surface area (Å²) in [5, 5.41) is 12.6. The zero-order valence-electron chi connectivity index (χ0n) is 14.5. The molecule has 0 aromatic heterocycles. The van der Waals surface area contributed by atoms with Crippen molar-refractivity contribution in [1.29, 1.82) is 0 Å². The topological polar surface area (TPSA) is 58.6 Å². The Labute approximate surface area is 165 Å². The number of hydrogen-bond acceptors (Lipinski definition) is 3. The summed E-state index contributed by atoms with van der Waals surface area (Å²) in [7, 11) is 0. The number of carbonyl (C=O) groups is 1. The summed E-state index contributed by atoms with van der Waals surface area (Å²) in [6, 6.07) is 21.5. The van der Waals surface area contributed by atoms with Gasteiger partial charge in [-0.15, -0.1) is 0 Å². The van der Waals surface area contributed by atoms with Crippen LogP contribution in [-0.4, -0.2) is 17.8 Å². The number of alkyl carbamates (subject to hydrolysis) is 1. The van der Waals surface area contributed by atoms with E-state index >= 15 is 0 Å². The fraction of sp³-hybridized carbons (Fsp3) is 0.136. The largest absolute Gasteiger partial charge is 0.508 e. The smallest absolute Gasteiger partial charge is 0.407 e. The molecule has 0 heterocycles. The highest BCUT2D eigenvalue weighted by Gasteiger charge is 2.28. The number of benzene rings is 3. The van der Waals surface area contributed by atoms with Gasteiger partial charge in [-0.3, -0.25) is 0 Å². The number of amides is 1. The fourth-order valence-electron chi connectivity index (χ4n) is 3.51. The maximum Gasteiger partial charge on any atom is 0.407 e. The Morgan fingerprint density at radius 3 is 2.30 bits per heavy atom. The predicted octanol–water partition coefficient (Wildman–Crippen LogP) is 5.19. The minimum atomic E-state index is -0.503. The highest BCUT2D eigenvalue weighted by atomic mass is 79.9. The molecule has 27 heavy (non-hydrogen) atoms. The number of carbonyl (C=O) groups excluding carboxylic acids is 1. The second-order valence-electron chi connectivity index (χ2n) is 6.45. The van der Waals surface area contributed by atoms with Gasteiger partial charge >= 0.3 is 6.09 Å². The molecule has 5 heteroatoms. The average Bonchev–Trinajstić information content (AvgIpc) is 3.01. The van der Waals surface area contributed by atoms with Crippen LogP contribution in [-0.2, 0) is 11.3 Å². The summed E-state index contributed by atoms with van der Waals surface area (Å²) in [5.74, 6) is 0.166. The first-order valence-corrected chi connectivity index (χ1v) is 9.49. The molecule has 3 aromatic carbocycles. The van der Waals surface area contributed by atoms with E-state index in [1.807, 2.05) is 24.3 Å². The molecule has 1 aliphatic carbocycles. The van der Waals surface area contributed by atoms with Gasteiger partial charge in [-0.2, -0.15) is 0 Å². The molecule has 0 fully saturated rings. The van der Waals surface area contributed by atoms with Crippen molar-refractivity contribution < 1.29 is 14.6 Å². The summed E-state index contributed by atoms with van der Waals surface area (Å²) >= 11 is 3.35. The van der Waals surface area contributed by atoms with E-state index in [9.17, 15) is 9.90 Å². The summed E-state index contributed by atoms with van der Waals surface area (Å²) in [4.78, 5) is 12.2. The molecular formula is C22H18BrNO3. The Kier molecular flexibility index (Phi) is 4.86. The van der Waals surface area contributed by atoms with E-state index < -0.39 is 6.09 Å². The number of phenols is 1. The Hall–Kier alpha value is -2.79. The number of ether oxygens (including phenoxy) is 1. The first-order valence-electron chi connectivity index (χ1n) is 8.69. The number of rotatable bonds is 4. The van der Waals surface area contributed by atoms with E-state index in [1.54, 1.807) is 18.2 Å². The van der Waals surface area contributed by atoms with Crippen molar-refractivity contribution in [2.24, 2.45) is 0 Å². The molecule has 2 N–H and O–H groups in total. The minimum absolute atomic E-state index is 0.0300. The van der Waals surface area contributed by atoms with Crippen molar-refractivity contribution >= 4 is 22.0 Å². The van der Waals surface area contributed by atoms with Crippen LogP contribution in [0.15, 0.2) is 71.2 Å². The van der Waals surface area contributed by atoms with Crippen LogP contribution in [0, 0.1) is 0 Å². The Balaban J connectivity index is 1.43. The van der Waals surface area contributed by atoms with Gasteiger partial charge in [0.15, 0.2) is 0 Å². The Bertz CT molecular complexity index is 957. The lowest BCUT2D eigenvalue weighted by atomic mass is 9.98. The van der Waals surface area contributed by atoms with Crippen LogP contribution in [0.2, 0.25) is 0 Å². The SMILES string of the molecule is O=C(NCc1cc(Br)ccc1O)OCC1c2ccccc2-c2ccccc21. The van der Waals surface area contributed by atoms with Gasteiger partial charge in [-0.05, 0) is 40.5 Å². The first kappa shape index (κ1) is 17.6. The molecule has 1 amide bonds. The molecule has 136 valence electrons. The molecule has 0 spiro atoms. The normalized spacial score (nSPS) is 12.3. The Morgan fingerprint density at radius 2 is 1.63 bits per heavy atom. The van der Waals surface area contributed by atoms with Crippen LogP contribution >= 0.6 is 15.9 Å². The highest BCUT2D eigenvalue weighted by molar-refractivity contribution is 9.10. The van der Waals surface area contributed by atoms with Gasteiger partial charge in [0.2, 0.25) is 0 Å². The van der Waals surface area contributed by atoms with Gasteiger partial charge < -0.3 is 15.2 Å². The second kappa shape index (κ2) is 7.45. The van der Waals surface area contributed by atoms with Gasteiger partial charge in [-0.1, -0.05) is 64.5 Å². The lowest BCUT2D eigenvalue weighted by molar-refractivity contribution is 0.142. The van der Waals surface area contributed by atoms with Crippen molar-refractivity contribution in [1.82, 2.24) is 5.32 Å². The van der Waals surface area contributed by atoms with Crippen LogP contribution in [0.25, 0.3) is 11.1 Å². The number of fused-ring (bicyclic) bond motifs is 3. The monoisotopic (exact) mass is 423 g/mol. The van der Waals surface area contributed by atoms with E-state index in [-0.39, 0.29) is 24.8 Å². The number of hydrogen-bond donors (Lipinski definition) is 2. The van der Waals surface area contributed by atoms with Crippen LogP contribution in [0.3, 0.4) is 0 Å². The summed E-state index contributed by atoms with van der Waals surface area (Å²) in [5.41, 5.74) is 5.37. The minimum Gasteiger partial charge on any atom is -0.508 e. The molecule has 4 nitrogen and oxygen atoms in total. The van der Waals surface area contributed by atoms with Crippen molar-refractivity contribution in [3.8, 4) is 16.9 Å². The number of phenolic OH excluding ortho intramolecular Hbond substituents is 1. The maximum absolute atomic E-state index is 12.2. The summed E-state index contributed by atoms with van der Waals surface area (Å²) in [6.45, 7) is 0.465. The third-order valence-electron chi connectivity index (χ3n) is 4.81. The zero-order valence-corrected chi connectivity index (χ0v) is 16.1. The average molecular weight is 424 g/mol. The van der Waals surface area contributed by atoms with Gasteiger partial charge in [0.25, 0.3) is 0 Å². The predicted molar refractivity (Wildman–Crippen MR) is 108 cm³/mol. The third kappa shape index (κ3) is 3.55. The molecule has 0 bridgehead atoms. The lowest BCUT2D eigenvalue weighted by Gasteiger charge is -2.15. The molecule has 3 aromatic rings. The molecular weight excluding hydrogens is 406 g/mol. The van der Waals surface area contributed by atoms with Crippen LogP contribution < -0.4 is 5.32 Å². The van der Waals surface area contributed by atoms with E-state index in [1.165, 1.54) is 22.3 Å². The summed E-state index contributed by atoms with van der Waals surface area (Å²) in [6.07, 6.45) is -0.503. The zero-order chi connectivity index (χ0) is 18.8. The molecule has 1 aliphatic rings. The third-order valence-corrected chi connectivity index (χ3v) is 5.30. The van der Waals surface area contributed by atoms with Crippen molar-refractivity contribution in [3.63, 3.8) is 0 Å². The van der Waals surface area contributed by atoms with E-state index in [2.05, 4.69) is 45.5 Å². The van der Waals surface area contributed by atoms with Gasteiger partial charge in [0.05, 0.1) is 0 Å². The Morgan fingerprint density at radius 1 is 1.00 bits per heavy atom. The van der Waals surface area contributed by atoms with E-state index in [0.717, 1.165) is 4.47 Å². The number of aromatic hydroxyl groups is 1. The number of halogens is 1. The molecule has 0 saturated carbocycles. The molecule has 0 unspecified atom stereocenters. The fourth-order valence-corrected chi connectivity index (χ4v) is 3.92. The molecule has 0 radical (unpaired) electrons. The van der Waals surface area contributed by atoms with Crippen LogP contribution in [0.4, 0.5) is 4.79 Å². The molecule has 0 atom stereocenters. The number of nitrogens with one attached hydrogen (secondary N) is 1. The molecule has 0 saturated heterocycles. The van der Waals surface area contributed by atoms with Gasteiger partial charge in [0, 0.05) is 22.5 Å². The van der Waals surface area contributed by atoms with Gasteiger partial charge in [0.1, 0.15) is 12.4 Å². The molecule has 4 rings (SSSR count). The van der Waals surface area contributed by atoms with Crippen molar-refractivity contribution in [2.45, 2.75) is 12.5 Å². The summed E-state index contributed by atoms with van der Waals surface area (Å²) < 4.78 is 6.33. The standard InChI is InChI=1S/C22H18BrNO3/c23-15-9-10-21(25)14(11-15)12-24-22(26)27-13-20-18-7-3-1-5-16(18)17-6-2-4-8-19(17)20/h1-11,20,25H,12-13H2,(H,24,26). The lowest BCUT2D eigenvalue weighted by Crippen LogP contribution is -2.25. The highest BCUT2D eigenvalue weighted by Crippen LogP contribution is 2.44. The van der Waals surface area contributed by atoms with Crippen molar-refractivity contribution in [3.05, 3.63) is 87.9 Å². The van der Waals surface area contributed by atoms with Gasteiger partial charge in [-0.25, -0.2) is 4.79 Å². The van der Waals surface area contributed by atoms with Crippen molar-refractivity contribution in [2.75, 3.05) is 6.61 Å². The second-order valence-corrected chi connectivity index (χ2v) is 7.37. The quantitative estimate of drug-likeness (QED) is 0.606. The van der Waals surface area contributed by atoms with Crippen LogP contribution in [0.1, 0.15) is 22.6 Å². The molecule has 0 aliphatic heterocycles. The van der Waals surface area contributed by atoms with E-state index in [4.69, 9.17) is 4.74 Å². The van der Waals surface area contributed by atoms with Crippen LogP contribution in [0.5, 0.6) is 5.75 Å². The van der Waals surface area contributed by atoms with E-state index in [0.29, 0.717) is 5.56 Å². The first-order chi connectivity index (χ1) is 13.1. The maximum atomic E-state index is 12.2.